The van der Waals surface area contributed by atoms with Crippen molar-refractivity contribution in [2.24, 2.45) is 5.92 Å². The highest BCUT2D eigenvalue weighted by atomic mass is 32.2. The summed E-state index contributed by atoms with van der Waals surface area (Å²) >= 11 is 0. The van der Waals surface area contributed by atoms with Gasteiger partial charge in [0, 0.05) is 46.5 Å². The first-order chi connectivity index (χ1) is 13.3. The third kappa shape index (κ3) is 5.40. The van der Waals surface area contributed by atoms with E-state index in [-0.39, 0.29) is 16.5 Å². The molecular formula is C18H29N3O6S. The van der Waals surface area contributed by atoms with Gasteiger partial charge >= 0.3 is 0 Å². The van der Waals surface area contributed by atoms with Crippen molar-refractivity contribution in [1.82, 2.24) is 4.31 Å². The molecule has 158 valence electrons. The second kappa shape index (κ2) is 10.1. The number of ether oxygens (including phenoxy) is 2. The molecule has 9 nitrogen and oxygen atoms in total. The molecular weight excluding hydrogens is 386 g/mol. The van der Waals surface area contributed by atoms with Gasteiger partial charge in [-0.15, -0.1) is 0 Å². The summed E-state index contributed by atoms with van der Waals surface area (Å²) in [6, 6.07) is 4.11. The second-order valence-electron chi connectivity index (χ2n) is 6.99. The van der Waals surface area contributed by atoms with E-state index in [0.717, 1.165) is 18.9 Å². The molecule has 0 aromatic heterocycles. The zero-order chi connectivity index (χ0) is 20.7. The third-order valence-corrected chi connectivity index (χ3v) is 6.73. The van der Waals surface area contributed by atoms with E-state index >= 15 is 0 Å². The summed E-state index contributed by atoms with van der Waals surface area (Å²) in [4.78, 5) is 12.9. The van der Waals surface area contributed by atoms with Crippen LogP contribution in [0.25, 0.3) is 0 Å². The summed E-state index contributed by atoms with van der Waals surface area (Å²) in [6.45, 7) is 4.50. The minimum atomic E-state index is -3.77. The monoisotopic (exact) mass is 415 g/mol. The fourth-order valence-electron chi connectivity index (χ4n) is 3.35. The molecule has 2 rings (SSSR count). The van der Waals surface area contributed by atoms with Crippen LogP contribution in [0.4, 0.5) is 11.4 Å². The second-order valence-corrected chi connectivity index (χ2v) is 8.93. The lowest BCUT2D eigenvalue weighted by Gasteiger charge is -2.30. The maximum Gasteiger partial charge on any atom is 0.293 e. The molecule has 0 amide bonds. The fraction of sp³-hybridized carbons (Fsp3) is 0.667. The summed E-state index contributed by atoms with van der Waals surface area (Å²) in [5, 5.41) is 11.7. The fourth-order valence-corrected chi connectivity index (χ4v) is 4.97. The molecule has 0 radical (unpaired) electrons. The van der Waals surface area contributed by atoms with Crippen molar-refractivity contribution in [1.29, 1.82) is 0 Å². The lowest BCUT2D eigenvalue weighted by atomic mass is 10.0. The van der Waals surface area contributed by atoms with Crippen molar-refractivity contribution in [2.75, 3.05) is 58.5 Å². The summed E-state index contributed by atoms with van der Waals surface area (Å²) in [6.07, 6.45) is 1.78. The predicted molar refractivity (Wildman–Crippen MR) is 106 cm³/mol. The Labute approximate surface area is 166 Å². The number of rotatable bonds is 10. The maximum atomic E-state index is 13.0. The molecule has 1 fully saturated rings. The van der Waals surface area contributed by atoms with Gasteiger partial charge in [0.15, 0.2) is 0 Å². The van der Waals surface area contributed by atoms with Crippen LogP contribution in [0.2, 0.25) is 0 Å². The quantitative estimate of drug-likeness (QED) is 0.426. The van der Waals surface area contributed by atoms with Crippen LogP contribution >= 0.6 is 0 Å². The first kappa shape index (κ1) is 22.5. The van der Waals surface area contributed by atoms with Crippen LogP contribution in [0.5, 0.6) is 0 Å². The van der Waals surface area contributed by atoms with Crippen LogP contribution < -0.4 is 4.90 Å². The summed E-state index contributed by atoms with van der Waals surface area (Å²) in [5.74, 6) is 0.274. The van der Waals surface area contributed by atoms with Crippen LogP contribution in [0, 0.1) is 16.0 Å². The molecule has 0 unspecified atom stereocenters. The first-order valence-electron chi connectivity index (χ1n) is 9.32. The van der Waals surface area contributed by atoms with Crippen LogP contribution in [0.15, 0.2) is 23.1 Å². The number of hydrogen-bond donors (Lipinski definition) is 0. The maximum absolute atomic E-state index is 13.0. The molecule has 28 heavy (non-hydrogen) atoms. The lowest BCUT2D eigenvalue weighted by molar-refractivity contribution is -0.384. The normalized spacial score (nSPS) is 18.2. The Bertz CT molecular complexity index is 763. The molecule has 1 saturated heterocycles. The number of anilines is 1. The van der Waals surface area contributed by atoms with Gasteiger partial charge in [-0.25, -0.2) is 8.42 Å². The molecule has 0 aliphatic carbocycles. The van der Waals surface area contributed by atoms with Crippen molar-refractivity contribution in [2.45, 2.75) is 24.7 Å². The summed E-state index contributed by atoms with van der Waals surface area (Å²) < 4.78 is 37.6. The Morgan fingerprint density at radius 3 is 2.43 bits per heavy atom. The van der Waals surface area contributed by atoms with E-state index in [2.05, 4.69) is 0 Å². The average molecular weight is 416 g/mol. The zero-order valence-corrected chi connectivity index (χ0v) is 17.5. The lowest BCUT2D eigenvalue weighted by Crippen LogP contribution is -2.39. The van der Waals surface area contributed by atoms with Gasteiger partial charge in [-0.05, 0) is 30.9 Å². The van der Waals surface area contributed by atoms with Crippen LogP contribution in [0.1, 0.15) is 19.8 Å². The highest BCUT2D eigenvalue weighted by molar-refractivity contribution is 7.89. The van der Waals surface area contributed by atoms with E-state index in [9.17, 15) is 18.5 Å². The zero-order valence-electron chi connectivity index (χ0n) is 16.7. The molecule has 1 aliphatic rings. The van der Waals surface area contributed by atoms with Crippen LogP contribution in [-0.2, 0) is 19.5 Å². The SMILES string of the molecule is COCCN(CCOC)c1ccc(S(=O)(=O)N2CCC[C@@H](C)C2)cc1[N+](=O)[O-]. The van der Waals surface area contributed by atoms with Gasteiger partial charge in [0.1, 0.15) is 5.69 Å². The minimum absolute atomic E-state index is 0.0458. The minimum Gasteiger partial charge on any atom is -0.383 e. The van der Waals surface area contributed by atoms with Gasteiger partial charge in [0.25, 0.3) is 5.69 Å². The molecule has 1 aromatic carbocycles. The molecule has 1 aromatic rings. The first-order valence-corrected chi connectivity index (χ1v) is 10.8. The number of nitrogens with zero attached hydrogens (tertiary/aromatic N) is 3. The molecule has 0 N–H and O–H groups in total. The summed E-state index contributed by atoms with van der Waals surface area (Å²) in [7, 11) is -0.659. The molecule has 1 atom stereocenters. The van der Waals surface area contributed by atoms with Crippen molar-refractivity contribution in [3.8, 4) is 0 Å². The average Bonchev–Trinajstić information content (AvgIpc) is 2.67. The molecule has 1 heterocycles. The van der Waals surface area contributed by atoms with Crippen molar-refractivity contribution >= 4 is 21.4 Å². The number of benzene rings is 1. The number of hydrogen-bond acceptors (Lipinski definition) is 7. The van der Waals surface area contributed by atoms with Gasteiger partial charge in [-0.3, -0.25) is 10.1 Å². The van der Waals surface area contributed by atoms with E-state index in [1.807, 2.05) is 6.92 Å². The van der Waals surface area contributed by atoms with Crippen molar-refractivity contribution < 1.29 is 22.8 Å². The number of nitro benzene ring substituents is 1. The highest BCUT2D eigenvalue weighted by Crippen LogP contribution is 2.33. The smallest absolute Gasteiger partial charge is 0.293 e. The predicted octanol–water partition coefficient (Wildman–Crippen LogP) is 2.11. The molecule has 0 bridgehead atoms. The molecule has 0 saturated carbocycles. The highest BCUT2D eigenvalue weighted by Gasteiger charge is 2.31. The molecule has 10 heteroatoms. The third-order valence-electron chi connectivity index (χ3n) is 4.87. The van der Waals surface area contributed by atoms with E-state index in [1.54, 1.807) is 19.1 Å². The van der Waals surface area contributed by atoms with E-state index in [4.69, 9.17) is 9.47 Å². The van der Waals surface area contributed by atoms with Crippen LogP contribution in [0.3, 0.4) is 0 Å². The Kier molecular flexibility index (Phi) is 8.17. The standard InChI is InChI=1S/C18H29N3O6S/c1-15-5-4-8-20(14-15)28(24,25)16-6-7-17(18(13-16)21(22)23)19(9-11-26-2)10-12-27-3/h6-7,13,15H,4-5,8-12,14H2,1-3H3/t15-/m1/s1. The number of nitro groups is 1. The number of sulfonamides is 1. The Balaban J connectivity index is 2.39. The topological polar surface area (TPSA) is 102 Å². The van der Waals surface area contributed by atoms with Gasteiger partial charge in [0.2, 0.25) is 10.0 Å². The van der Waals surface area contributed by atoms with Gasteiger partial charge < -0.3 is 14.4 Å². The van der Waals surface area contributed by atoms with E-state index in [0.29, 0.717) is 45.1 Å². The molecule has 0 spiro atoms. The van der Waals surface area contributed by atoms with Crippen molar-refractivity contribution in [3.05, 3.63) is 28.3 Å². The Morgan fingerprint density at radius 1 is 1.25 bits per heavy atom. The largest absolute Gasteiger partial charge is 0.383 e. The Morgan fingerprint density at radius 2 is 1.89 bits per heavy atom. The number of methoxy groups -OCH3 is 2. The van der Waals surface area contributed by atoms with E-state index < -0.39 is 14.9 Å². The molecule has 1 aliphatic heterocycles. The Hall–Kier alpha value is -1.75. The van der Waals surface area contributed by atoms with Gasteiger partial charge in [-0.2, -0.15) is 4.31 Å². The van der Waals surface area contributed by atoms with Gasteiger partial charge in [0.05, 0.1) is 23.0 Å². The summed E-state index contributed by atoms with van der Waals surface area (Å²) in [5.41, 5.74) is 0.114. The van der Waals surface area contributed by atoms with Crippen molar-refractivity contribution in [3.63, 3.8) is 0 Å². The van der Waals surface area contributed by atoms with Crippen LogP contribution in [-0.4, -0.2) is 71.3 Å². The number of piperidine rings is 1. The van der Waals surface area contributed by atoms with E-state index in [1.165, 1.54) is 16.4 Å². The van der Waals surface area contributed by atoms with Gasteiger partial charge in [-0.1, -0.05) is 6.92 Å².